The van der Waals surface area contributed by atoms with Gasteiger partial charge in [0.2, 0.25) is 5.91 Å². The van der Waals surface area contributed by atoms with Crippen LogP contribution in [-0.2, 0) is 22.4 Å². The zero-order valence-corrected chi connectivity index (χ0v) is 18.1. The Balaban J connectivity index is 1.73. The van der Waals surface area contributed by atoms with Crippen molar-refractivity contribution in [3.8, 4) is 0 Å². The number of likely N-dealkylation sites (N-methyl/N-ethyl adjacent to an activating group) is 1. The Morgan fingerprint density at radius 2 is 1.60 bits per heavy atom. The predicted molar refractivity (Wildman–Crippen MR) is 119 cm³/mol. The monoisotopic (exact) mass is 402 g/mol. The zero-order chi connectivity index (χ0) is 21.3. The fraction of sp³-hybridized carbons (Fsp3) is 0.385. The van der Waals surface area contributed by atoms with Gasteiger partial charge in [0.25, 0.3) is 5.91 Å². The number of hydrogen-bond donors (Lipinski definition) is 0. The fourth-order valence-electron chi connectivity index (χ4n) is 4.84. The average Bonchev–Trinajstić information content (AvgIpc) is 2.88. The van der Waals surface area contributed by atoms with Crippen molar-refractivity contribution in [3.05, 3.63) is 82.9 Å². The molecule has 4 rings (SSSR count). The van der Waals surface area contributed by atoms with Crippen molar-refractivity contribution in [1.29, 1.82) is 0 Å². The molecule has 30 heavy (non-hydrogen) atoms. The summed E-state index contributed by atoms with van der Waals surface area (Å²) in [6.45, 7) is 4.92. The SMILES string of the molecule is CN1C(=O)C2=C(CCCN(C(=O)Cc3ccccc3)C2Cc2ccccc2)C1(C)C. The second-order valence-electron chi connectivity index (χ2n) is 8.87. The highest BCUT2D eigenvalue weighted by molar-refractivity contribution is 6.00. The van der Waals surface area contributed by atoms with Gasteiger partial charge in [-0.15, -0.1) is 0 Å². The van der Waals surface area contributed by atoms with E-state index < -0.39 is 0 Å². The maximum Gasteiger partial charge on any atom is 0.252 e. The van der Waals surface area contributed by atoms with Gasteiger partial charge in [-0.3, -0.25) is 9.59 Å². The Morgan fingerprint density at radius 1 is 1.00 bits per heavy atom. The van der Waals surface area contributed by atoms with E-state index in [4.69, 9.17) is 0 Å². The molecule has 0 fully saturated rings. The number of nitrogens with zero attached hydrogens (tertiary/aromatic N) is 2. The minimum Gasteiger partial charge on any atom is -0.335 e. The quantitative estimate of drug-likeness (QED) is 0.775. The highest BCUT2D eigenvalue weighted by atomic mass is 16.2. The maximum atomic E-state index is 13.4. The average molecular weight is 403 g/mol. The topological polar surface area (TPSA) is 40.6 Å². The third-order valence-corrected chi connectivity index (χ3v) is 6.76. The Hall–Kier alpha value is -2.88. The summed E-state index contributed by atoms with van der Waals surface area (Å²) in [7, 11) is 1.88. The van der Waals surface area contributed by atoms with Gasteiger partial charge < -0.3 is 9.80 Å². The molecule has 156 valence electrons. The Labute approximate surface area is 179 Å². The molecule has 2 aliphatic rings. The Morgan fingerprint density at radius 3 is 2.23 bits per heavy atom. The van der Waals surface area contributed by atoms with Gasteiger partial charge in [-0.2, -0.15) is 0 Å². The molecule has 2 amide bonds. The second-order valence-corrected chi connectivity index (χ2v) is 8.87. The van der Waals surface area contributed by atoms with Crippen LogP contribution in [0.2, 0.25) is 0 Å². The first-order chi connectivity index (χ1) is 14.4. The van der Waals surface area contributed by atoms with Crippen LogP contribution < -0.4 is 0 Å². The summed E-state index contributed by atoms with van der Waals surface area (Å²) in [5.41, 5.74) is 3.89. The van der Waals surface area contributed by atoms with Crippen LogP contribution >= 0.6 is 0 Å². The van der Waals surface area contributed by atoms with E-state index in [1.54, 1.807) is 0 Å². The summed E-state index contributed by atoms with van der Waals surface area (Å²) < 4.78 is 0. The number of amides is 2. The molecule has 0 aliphatic carbocycles. The van der Waals surface area contributed by atoms with E-state index in [9.17, 15) is 9.59 Å². The molecular formula is C26H30N2O2. The molecule has 0 saturated heterocycles. The summed E-state index contributed by atoms with van der Waals surface area (Å²) in [5.74, 6) is 0.159. The highest BCUT2D eigenvalue weighted by Gasteiger charge is 2.47. The minimum atomic E-state index is -0.306. The maximum absolute atomic E-state index is 13.4. The highest BCUT2D eigenvalue weighted by Crippen LogP contribution is 2.41. The van der Waals surface area contributed by atoms with Gasteiger partial charge in [-0.1, -0.05) is 60.7 Å². The molecule has 4 nitrogen and oxygen atoms in total. The smallest absolute Gasteiger partial charge is 0.252 e. The van der Waals surface area contributed by atoms with Crippen molar-refractivity contribution in [2.75, 3.05) is 13.6 Å². The number of carbonyl (C=O) groups excluding carboxylic acids is 2. The van der Waals surface area contributed by atoms with Crippen molar-refractivity contribution < 1.29 is 9.59 Å². The molecular weight excluding hydrogens is 372 g/mol. The molecule has 2 heterocycles. The number of benzene rings is 2. The van der Waals surface area contributed by atoms with E-state index in [2.05, 4.69) is 26.0 Å². The van der Waals surface area contributed by atoms with Crippen molar-refractivity contribution in [2.24, 2.45) is 0 Å². The molecule has 1 atom stereocenters. The minimum absolute atomic E-state index is 0.0651. The van der Waals surface area contributed by atoms with Crippen molar-refractivity contribution in [1.82, 2.24) is 9.80 Å². The number of hydrogen-bond acceptors (Lipinski definition) is 2. The van der Waals surface area contributed by atoms with Gasteiger partial charge in [-0.05, 0) is 49.8 Å². The van der Waals surface area contributed by atoms with E-state index in [0.29, 0.717) is 19.4 Å². The van der Waals surface area contributed by atoms with Gasteiger partial charge >= 0.3 is 0 Å². The molecule has 2 aromatic carbocycles. The lowest BCUT2D eigenvalue weighted by atomic mass is 9.87. The second kappa shape index (κ2) is 8.10. The summed E-state index contributed by atoms with van der Waals surface area (Å²) in [6, 6.07) is 19.8. The first-order valence-electron chi connectivity index (χ1n) is 10.8. The van der Waals surface area contributed by atoms with E-state index in [1.807, 2.05) is 65.4 Å². The first kappa shape index (κ1) is 20.4. The number of rotatable bonds is 4. The van der Waals surface area contributed by atoms with Crippen molar-refractivity contribution >= 4 is 11.8 Å². The standard InChI is InChI=1S/C26H30N2O2/c1-26(2)21-15-10-16-28(23(29)18-20-13-8-5-9-14-20)22(24(21)25(30)27(26)3)17-19-11-6-4-7-12-19/h4-9,11-14,22H,10,15-18H2,1-3H3. The van der Waals surface area contributed by atoms with E-state index in [0.717, 1.165) is 29.5 Å². The van der Waals surface area contributed by atoms with Crippen molar-refractivity contribution in [2.45, 2.75) is 51.1 Å². The summed E-state index contributed by atoms with van der Waals surface area (Å²) in [6.07, 6.45) is 2.77. The lowest BCUT2D eigenvalue weighted by molar-refractivity contribution is -0.133. The molecule has 0 radical (unpaired) electrons. The molecule has 4 heteroatoms. The Kier molecular flexibility index (Phi) is 5.50. The number of carbonyl (C=O) groups is 2. The fourth-order valence-corrected chi connectivity index (χ4v) is 4.84. The van der Waals surface area contributed by atoms with Gasteiger partial charge in [0.15, 0.2) is 0 Å². The van der Waals surface area contributed by atoms with Crippen LogP contribution in [0, 0.1) is 0 Å². The lowest BCUT2D eigenvalue weighted by Gasteiger charge is -2.33. The van der Waals surface area contributed by atoms with E-state index in [-0.39, 0.29) is 23.4 Å². The van der Waals surface area contributed by atoms with E-state index >= 15 is 0 Å². The van der Waals surface area contributed by atoms with Gasteiger partial charge in [0.1, 0.15) is 0 Å². The van der Waals surface area contributed by atoms with Crippen molar-refractivity contribution in [3.63, 3.8) is 0 Å². The molecule has 1 unspecified atom stereocenters. The van der Waals surface area contributed by atoms with Crippen LogP contribution in [0.3, 0.4) is 0 Å². The molecule has 0 saturated carbocycles. The van der Waals surface area contributed by atoms with Crippen LogP contribution in [0.25, 0.3) is 0 Å². The molecule has 2 aliphatic heterocycles. The van der Waals surface area contributed by atoms with Crippen LogP contribution in [0.4, 0.5) is 0 Å². The van der Waals surface area contributed by atoms with Crippen LogP contribution in [0.5, 0.6) is 0 Å². The molecule has 0 spiro atoms. The van der Waals surface area contributed by atoms with Gasteiger partial charge in [0.05, 0.1) is 18.0 Å². The van der Waals surface area contributed by atoms with Gasteiger partial charge in [0, 0.05) is 19.2 Å². The van der Waals surface area contributed by atoms with Crippen LogP contribution in [-0.4, -0.2) is 46.8 Å². The molecule has 0 aromatic heterocycles. The predicted octanol–water partition coefficient (Wildman–Crippen LogP) is 4.01. The normalized spacial score (nSPS) is 20.9. The zero-order valence-electron chi connectivity index (χ0n) is 18.1. The summed E-state index contributed by atoms with van der Waals surface area (Å²) in [4.78, 5) is 30.6. The summed E-state index contributed by atoms with van der Waals surface area (Å²) in [5, 5.41) is 0. The molecule has 0 N–H and O–H groups in total. The lowest BCUT2D eigenvalue weighted by Crippen LogP contribution is -2.46. The summed E-state index contributed by atoms with van der Waals surface area (Å²) >= 11 is 0. The van der Waals surface area contributed by atoms with Gasteiger partial charge in [-0.25, -0.2) is 0 Å². The first-order valence-corrected chi connectivity index (χ1v) is 10.8. The largest absolute Gasteiger partial charge is 0.335 e. The molecule has 2 aromatic rings. The third-order valence-electron chi connectivity index (χ3n) is 6.76. The van der Waals surface area contributed by atoms with E-state index in [1.165, 1.54) is 5.57 Å². The third kappa shape index (κ3) is 3.67. The van der Waals surface area contributed by atoms with Crippen LogP contribution in [0.1, 0.15) is 37.8 Å². The Bertz CT molecular complexity index is 963. The van der Waals surface area contributed by atoms with Crippen LogP contribution in [0.15, 0.2) is 71.8 Å². The molecule has 0 bridgehead atoms.